The monoisotopic (exact) mass is 254 g/mol. The molecule has 0 aliphatic carbocycles. The van der Waals surface area contributed by atoms with Crippen LogP contribution in [0.2, 0.25) is 0 Å². The zero-order valence-corrected chi connectivity index (χ0v) is 10.6. The van der Waals surface area contributed by atoms with E-state index in [2.05, 4.69) is 0 Å². The van der Waals surface area contributed by atoms with Gasteiger partial charge in [0.05, 0.1) is 13.7 Å². The average molecular weight is 254 g/mol. The number of hydrogen-bond donors (Lipinski definition) is 1. The zero-order valence-electron chi connectivity index (χ0n) is 10.6. The van der Waals surface area contributed by atoms with Crippen LogP contribution >= 0.6 is 0 Å². The summed E-state index contributed by atoms with van der Waals surface area (Å²) < 4.78 is 15.8. The molecule has 18 heavy (non-hydrogen) atoms. The van der Waals surface area contributed by atoms with E-state index in [9.17, 15) is 4.79 Å². The lowest BCUT2D eigenvalue weighted by molar-refractivity contribution is 0.0690. The maximum absolute atomic E-state index is 11.1. The molecule has 0 heterocycles. The number of hydrogen-bond acceptors (Lipinski definition) is 4. The SMILES string of the molecule is CCOCCCOc1c(OC)cccc1C(=O)O. The second kappa shape index (κ2) is 7.55. The van der Waals surface area contributed by atoms with Crippen LogP contribution in [0.1, 0.15) is 23.7 Å². The van der Waals surface area contributed by atoms with Crippen molar-refractivity contribution in [2.45, 2.75) is 13.3 Å². The average Bonchev–Trinajstić information content (AvgIpc) is 2.38. The Kier molecular flexibility index (Phi) is 6.00. The summed E-state index contributed by atoms with van der Waals surface area (Å²) in [6.07, 6.45) is 0.699. The summed E-state index contributed by atoms with van der Waals surface area (Å²) >= 11 is 0. The van der Waals surface area contributed by atoms with Crippen LogP contribution in [-0.2, 0) is 4.74 Å². The van der Waals surface area contributed by atoms with Gasteiger partial charge in [-0.2, -0.15) is 0 Å². The molecule has 0 aliphatic heterocycles. The van der Waals surface area contributed by atoms with E-state index in [1.165, 1.54) is 13.2 Å². The third kappa shape index (κ3) is 3.92. The molecule has 0 unspecified atom stereocenters. The Morgan fingerprint density at radius 3 is 2.72 bits per heavy atom. The van der Waals surface area contributed by atoms with Gasteiger partial charge in [-0.3, -0.25) is 0 Å². The molecule has 100 valence electrons. The topological polar surface area (TPSA) is 65.0 Å². The van der Waals surface area contributed by atoms with Gasteiger partial charge in [0.2, 0.25) is 0 Å². The van der Waals surface area contributed by atoms with Crippen LogP contribution in [0.15, 0.2) is 18.2 Å². The summed E-state index contributed by atoms with van der Waals surface area (Å²) in [4.78, 5) is 11.1. The highest BCUT2D eigenvalue weighted by Gasteiger charge is 2.15. The highest BCUT2D eigenvalue weighted by Crippen LogP contribution is 2.31. The lowest BCUT2D eigenvalue weighted by Gasteiger charge is -2.12. The largest absolute Gasteiger partial charge is 0.493 e. The molecule has 5 heteroatoms. The van der Waals surface area contributed by atoms with Crippen molar-refractivity contribution in [3.63, 3.8) is 0 Å². The molecule has 0 radical (unpaired) electrons. The molecule has 1 aromatic rings. The molecule has 0 aromatic heterocycles. The van der Waals surface area contributed by atoms with Gasteiger partial charge in [0.25, 0.3) is 0 Å². The third-order valence-corrected chi connectivity index (χ3v) is 2.31. The maximum atomic E-state index is 11.1. The lowest BCUT2D eigenvalue weighted by atomic mass is 10.2. The van der Waals surface area contributed by atoms with Gasteiger partial charge in [-0.25, -0.2) is 4.79 Å². The summed E-state index contributed by atoms with van der Waals surface area (Å²) in [5, 5.41) is 9.07. The summed E-state index contributed by atoms with van der Waals surface area (Å²) in [6, 6.07) is 4.78. The van der Waals surface area contributed by atoms with Crippen LogP contribution in [0.5, 0.6) is 11.5 Å². The molecule has 0 atom stereocenters. The molecule has 0 amide bonds. The molecule has 1 aromatic carbocycles. The summed E-state index contributed by atoms with van der Waals surface area (Å²) in [5.41, 5.74) is 0.103. The van der Waals surface area contributed by atoms with E-state index in [1.807, 2.05) is 6.92 Å². The van der Waals surface area contributed by atoms with Gasteiger partial charge in [-0.15, -0.1) is 0 Å². The molecular weight excluding hydrogens is 236 g/mol. The molecule has 1 N–H and O–H groups in total. The van der Waals surface area contributed by atoms with Crippen LogP contribution in [0.4, 0.5) is 0 Å². The Morgan fingerprint density at radius 1 is 1.33 bits per heavy atom. The van der Waals surface area contributed by atoms with Crippen molar-refractivity contribution in [3.05, 3.63) is 23.8 Å². The molecule has 0 saturated heterocycles. The number of rotatable bonds is 8. The number of aromatic carboxylic acids is 1. The van der Waals surface area contributed by atoms with Crippen molar-refractivity contribution in [3.8, 4) is 11.5 Å². The highest BCUT2D eigenvalue weighted by atomic mass is 16.5. The number of carbonyl (C=O) groups is 1. The summed E-state index contributed by atoms with van der Waals surface area (Å²) in [5.74, 6) is -0.344. The second-order valence-electron chi connectivity index (χ2n) is 3.54. The van der Waals surface area contributed by atoms with E-state index in [-0.39, 0.29) is 11.3 Å². The first-order valence-corrected chi connectivity index (χ1v) is 5.81. The maximum Gasteiger partial charge on any atom is 0.339 e. The van der Waals surface area contributed by atoms with Gasteiger partial charge in [0.15, 0.2) is 11.5 Å². The number of ether oxygens (including phenoxy) is 3. The van der Waals surface area contributed by atoms with Gasteiger partial charge in [-0.05, 0) is 19.1 Å². The molecule has 0 fully saturated rings. The summed E-state index contributed by atoms with van der Waals surface area (Å²) in [7, 11) is 1.48. The van der Waals surface area contributed by atoms with E-state index in [0.717, 1.165) is 0 Å². The first-order valence-electron chi connectivity index (χ1n) is 5.81. The number of carboxylic acids is 1. The van der Waals surface area contributed by atoms with Crippen LogP contribution in [0.3, 0.4) is 0 Å². The summed E-state index contributed by atoms with van der Waals surface area (Å²) in [6.45, 7) is 3.56. The van der Waals surface area contributed by atoms with E-state index >= 15 is 0 Å². The Balaban J connectivity index is 2.69. The van der Waals surface area contributed by atoms with Crippen LogP contribution < -0.4 is 9.47 Å². The van der Waals surface area contributed by atoms with E-state index in [1.54, 1.807) is 12.1 Å². The minimum atomic E-state index is -1.03. The molecule has 0 bridgehead atoms. The predicted molar refractivity (Wildman–Crippen MR) is 66.6 cm³/mol. The van der Waals surface area contributed by atoms with Gasteiger partial charge < -0.3 is 19.3 Å². The second-order valence-corrected chi connectivity index (χ2v) is 3.54. The first-order chi connectivity index (χ1) is 8.70. The van der Waals surface area contributed by atoms with Gasteiger partial charge in [0, 0.05) is 19.6 Å². The lowest BCUT2D eigenvalue weighted by Crippen LogP contribution is -2.08. The Labute approximate surface area is 106 Å². The minimum Gasteiger partial charge on any atom is -0.493 e. The van der Waals surface area contributed by atoms with E-state index in [0.29, 0.717) is 32.0 Å². The Hall–Kier alpha value is -1.75. The van der Waals surface area contributed by atoms with Crippen LogP contribution in [0.25, 0.3) is 0 Å². The number of benzene rings is 1. The Bertz CT molecular complexity index is 389. The number of carboxylic acid groups (broad SMARTS) is 1. The van der Waals surface area contributed by atoms with Crippen molar-refractivity contribution in [1.29, 1.82) is 0 Å². The molecule has 0 saturated carbocycles. The van der Waals surface area contributed by atoms with E-state index < -0.39 is 5.97 Å². The van der Waals surface area contributed by atoms with Crippen molar-refractivity contribution in [1.82, 2.24) is 0 Å². The van der Waals surface area contributed by atoms with Crippen molar-refractivity contribution < 1.29 is 24.1 Å². The fourth-order valence-corrected chi connectivity index (χ4v) is 1.47. The highest BCUT2D eigenvalue weighted by molar-refractivity contribution is 5.92. The quantitative estimate of drug-likeness (QED) is 0.720. The number of methoxy groups -OCH3 is 1. The minimum absolute atomic E-state index is 0.103. The zero-order chi connectivity index (χ0) is 13.4. The fraction of sp³-hybridized carbons (Fsp3) is 0.462. The smallest absolute Gasteiger partial charge is 0.339 e. The van der Waals surface area contributed by atoms with Crippen molar-refractivity contribution in [2.24, 2.45) is 0 Å². The molecule has 1 rings (SSSR count). The first kappa shape index (κ1) is 14.3. The Morgan fingerprint density at radius 2 is 2.11 bits per heavy atom. The third-order valence-electron chi connectivity index (χ3n) is 2.31. The molecular formula is C13H18O5. The molecule has 5 nitrogen and oxygen atoms in total. The van der Waals surface area contributed by atoms with Gasteiger partial charge in [0.1, 0.15) is 5.56 Å². The van der Waals surface area contributed by atoms with Gasteiger partial charge in [-0.1, -0.05) is 6.07 Å². The fourth-order valence-electron chi connectivity index (χ4n) is 1.47. The molecule has 0 spiro atoms. The van der Waals surface area contributed by atoms with Crippen molar-refractivity contribution in [2.75, 3.05) is 26.9 Å². The van der Waals surface area contributed by atoms with Crippen LogP contribution in [-0.4, -0.2) is 38.0 Å². The standard InChI is InChI=1S/C13H18O5/c1-3-17-8-5-9-18-12-10(13(14)15)6-4-7-11(12)16-2/h4,6-7H,3,5,8-9H2,1-2H3,(H,14,15). The number of para-hydroxylation sites is 1. The predicted octanol–water partition coefficient (Wildman–Crippen LogP) is 2.20. The normalized spacial score (nSPS) is 10.1. The van der Waals surface area contributed by atoms with E-state index in [4.69, 9.17) is 19.3 Å². The van der Waals surface area contributed by atoms with Crippen molar-refractivity contribution >= 4 is 5.97 Å². The van der Waals surface area contributed by atoms with Crippen LogP contribution in [0, 0.1) is 0 Å². The van der Waals surface area contributed by atoms with Gasteiger partial charge >= 0.3 is 5.97 Å². The molecule has 0 aliphatic rings.